The van der Waals surface area contributed by atoms with Gasteiger partial charge in [-0.3, -0.25) is 9.69 Å². The normalized spacial score (nSPS) is 10.8. The maximum absolute atomic E-state index is 12.5. The Morgan fingerprint density at radius 1 is 0.879 bits per heavy atom. The fraction of sp³-hybridized carbons (Fsp3) is 0.185. The van der Waals surface area contributed by atoms with E-state index in [-0.39, 0.29) is 11.6 Å². The molecule has 0 aliphatic heterocycles. The average molecular weight is 442 g/mol. The molecule has 0 spiro atoms. The third kappa shape index (κ3) is 6.54. The molecule has 33 heavy (non-hydrogen) atoms. The number of oxazole rings is 1. The summed E-state index contributed by atoms with van der Waals surface area (Å²) < 4.78 is 11.0. The van der Waals surface area contributed by atoms with E-state index in [1.807, 2.05) is 66.7 Å². The molecule has 1 N–H and O–H groups in total. The van der Waals surface area contributed by atoms with Gasteiger partial charge in [0.2, 0.25) is 5.89 Å². The Kier molecular flexibility index (Phi) is 7.51. The number of amides is 1. The molecule has 0 fully saturated rings. The number of rotatable bonds is 10. The van der Waals surface area contributed by atoms with Crippen molar-refractivity contribution in [1.82, 2.24) is 15.2 Å². The van der Waals surface area contributed by atoms with E-state index in [0.717, 1.165) is 23.4 Å². The Bertz CT molecular complexity index is 1160. The SMILES string of the molecule is COc1cccc(CN(Cc2ccccc2)Cc2nc(C(=O)NCc3ccccc3)co2)c1. The van der Waals surface area contributed by atoms with Gasteiger partial charge in [-0.2, -0.15) is 0 Å². The Labute approximate surface area is 193 Å². The number of carbonyl (C=O) groups is 1. The number of ether oxygens (including phenoxy) is 1. The van der Waals surface area contributed by atoms with Gasteiger partial charge in [-0.05, 0) is 28.8 Å². The molecule has 4 rings (SSSR count). The molecule has 0 saturated heterocycles. The zero-order chi connectivity index (χ0) is 22.9. The maximum Gasteiger partial charge on any atom is 0.273 e. The molecule has 1 aromatic heterocycles. The second-order valence-electron chi connectivity index (χ2n) is 7.78. The average Bonchev–Trinajstić information content (AvgIpc) is 3.32. The van der Waals surface area contributed by atoms with Crippen LogP contribution in [0.2, 0.25) is 0 Å². The third-order valence-corrected chi connectivity index (χ3v) is 5.23. The topological polar surface area (TPSA) is 67.6 Å². The van der Waals surface area contributed by atoms with Crippen LogP contribution in [0.1, 0.15) is 33.1 Å². The quantitative estimate of drug-likeness (QED) is 0.382. The lowest BCUT2D eigenvalue weighted by Gasteiger charge is -2.21. The summed E-state index contributed by atoms with van der Waals surface area (Å²) in [7, 11) is 1.66. The second kappa shape index (κ2) is 11.1. The van der Waals surface area contributed by atoms with Crippen molar-refractivity contribution in [3.8, 4) is 5.75 Å². The highest BCUT2D eigenvalue weighted by molar-refractivity contribution is 5.91. The molecule has 6 heteroatoms. The molecule has 4 aromatic rings. The van der Waals surface area contributed by atoms with Crippen molar-refractivity contribution in [2.75, 3.05) is 7.11 Å². The van der Waals surface area contributed by atoms with Gasteiger partial charge < -0.3 is 14.5 Å². The summed E-state index contributed by atoms with van der Waals surface area (Å²) in [4.78, 5) is 19.2. The van der Waals surface area contributed by atoms with Crippen LogP contribution in [0, 0.1) is 0 Å². The molecule has 168 valence electrons. The largest absolute Gasteiger partial charge is 0.497 e. The van der Waals surface area contributed by atoms with E-state index in [1.165, 1.54) is 11.8 Å². The fourth-order valence-corrected chi connectivity index (χ4v) is 3.59. The van der Waals surface area contributed by atoms with Crippen LogP contribution < -0.4 is 10.1 Å². The van der Waals surface area contributed by atoms with Crippen LogP contribution in [0.3, 0.4) is 0 Å². The number of carbonyl (C=O) groups excluding carboxylic acids is 1. The summed E-state index contributed by atoms with van der Waals surface area (Å²) >= 11 is 0. The Morgan fingerprint density at radius 2 is 1.55 bits per heavy atom. The van der Waals surface area contributed by atoms with Crippen molar-refractivity contribution in [1.29, 1.82) is 0 Å². The molecular formula is C27H27N3O3. The number of hydrogen-bond acceptors (Lipinski definition) is 5. The van der Waals surface area contributed by atoms with Crippen molar-refractivity contribution in [2.45, 2.75) is 26.2 Å². The molecule has 0 bridgehead atoms. The van der Waals surface area contributed by atoms with Crippen LogP contribution in [-0.2, 0) is 26.2 Å². The van der Waals surface area contributed by atoms with Gasteiger partial charge in [0.05, 0.1) is 13.7 Å². The Morgan fingerprint density at radius 3 is 2.27 bits per heavy atom. The number of aromatic nitrogens is 1. The lowest BCUT2D eigenvalue weighted by Crippen LogP contribution is -2.24. The molecular weight excluding hydrogens is 414 g/mol. The van der Waals surface area contributed by atoms with Crippen LogP contribution in [0.25, 0.3) is 0 Å². The van der Waals surface area contributed by atoms with E-state index in [2.05, 4.69) is 33.4 Å². The molecule has 1 heterocycles. The van der Waals surface area contributed by atoms with E-state index in [0.29, 0.717) is 25.5 Å². The van der Waals surface area contributed by atoms with Crippen molar-refractivity contribution >= 4 is 5.91 Å². The second-order valence-corrected chi connectivity index (χ2v) is 7.78. The van der Waals surface area contributed by atoms with Crippen molar-refractivity contribution in [3.05, 3.63) is 119 Å². The zero-order valence-electron chi connectivity index (χ0n) is 18.6. The number of nitrogens with zero attached hydrogens (tertiary/aromatic N) is 2. The Hall–Kier alpha value is -3.90. The number of hydrogen-bond donors (Lipinski definition) is 1. The van der Waals surface area contributed by atoms with E-state index >= 15 is 0 Å². The highest BCUT2D eigenvalue weighted by Gasteiger charge is 2.16. The first-order chi connectivity index (χ1) is 16.2. The number of methoxy groups -OCH3 is 1. The van der Waals surface area contributed by atoms with Gasteiger partial charge in [-0.15, -0.1) is 0 Å². The molecule has 0 aliphatic rings. The first kappa shape index (κ1) is 22.3. The Balaban J connectivity index is 1.44. The minimum atomic E-state index is -0.253. The summed E-state index contributed by atoms with van der Waals surface area (Å²) in [6.07, 6.45) is 1.42. The van der Waals surface area contributed by atoms with Gasteiger partial charge in [-0.25, -0.2) is 4.98 Å². The molecule has 0 aliphatic carbocycles. The molecule has 0 unspecified atom stereocenters. The van der Waals surface area contributed by atoms with Gasteiger partial charge in [0.1, 0.15) is 12.0 Å². The monoisotopic (exact) mass is 441 g/mol. The highest BCUT2D eigenvalue weighted by atomic mass is 16.5. The van der Waals surface area contributed by atoms with Crippen LogP contribution in [0.5, 0.6) is 5.75 Å². The van der Waals surface area contributed by atoms with E-state index < -0.39 is 0 Å². The smallest absolute Gasteiger partial charge is 0.273 e. The summed E-state index contributed by atoms with van der Waals surface area (Å²) in [6.45, 7) is 2.32. The van der Waals surface area contributed by atoms with E-state index in [9.17, 15) is 4.79 Å². The van der Waals surface area contributed by atoms with Gasteiger partial charge in [-0.1, -0.05) is 72.8 Å². The molecule has 0 radical (unpaired) electrons. The van der Waals surface area contributed by atoms with Crippen LogP contribution in [-0.4, -0.2) is 22.9 Å². The minimum absolute atomic E-state index is 0.253. The first-order valence-corrected chi connectivity index (χ1v) is 10.9. The lowest BCUT2D eigenvalue weighted by atomic mass is 10.1. The molecule has 0 atom stereocenters. The molecule has 1 amide bonds. The summed E-state index contributed by atoms with van der Waals surface area (Å²) in [5.74, 6) is 1.07. The van der Waals surface area contributed by atoms with Crippen LogP contribution in [0.15, 0.2) is 95.6 Å². The van der Waals surface area contributed by atoms with E-state index in [1.54, 1.807) is 7.11 Å². The van der Waals surface area contributed by atoms with Gasteiger partial charge in [0.15, 0.2) is 5.69 Å². The maximum atomic E-state index is 12.5. The highest BCUT2D eigenvalue weighted by Crippen LogP contribution is 2.18. The first-order valence-electron chi connectivity index (χ1n) is 10.9. The molecule has 3 aromatic carbocycles. The minimum Gasteiger partial charge on any atom is -0.497 e. The van der Waals surface area contributed by atoms with E-state index in [4.69, 9.17) is 9.15 Å². The summed E-state index contributed by atoms with van der Waals surface area (Å²) in [6, 6.07) is 28.0. The van der Waals surface area contributed by atoms with Gasteiger partial charge in [0, 0.05) is 19.6 Å². The van der Waals surface area contributed by atoms with Gasteiger partial charge in [0.25, 0.3) is 5.91 Å². The van der Waals surface area contributed by atoms with Gasteiger partial charge >= 0.3 is 0 Å². The molecule has 0 saturated carbocycles. The zero-order valence-corrected chi connectivity index (χ0v) is 18.6. The fourth-order valence-electron chi connectivity index (χ4n) is 3.59. The van der Waals surface area contributed by atoms with Crippen molar-refractivity contribution in [3.63, 3.8) is 0 Å². The predicted octanol–water partition coefficient (Wildman–Crippen LogP) is 4.82. The third-order valence-electron chi connectivity index (χ3n) is 5.23. The predicted molar refractivity (Wildman–Crippen MR) is 127 cm³/mol. The number of benzene rings is 3. The number of nitrogens with one attached hydrogen (secondary N) is 1. The standard InChI is InChI=1S/C27H27N3O3/c1-32-24-14-8-13-23(15-24)18-30(17-22-11-6-3-7-12-22)19-26-29-25(20-33-26)27(31)28-16-21-9-4-2-5-10-21/h2-15,20H,16-19H2,1H3,(H,28,31). The van der Waals surface area contributed by atoms with Crippen LogP contribution >= 0.6 is 0 Å². The van der Waals surface area contributed by atoms with Crippen molar-refractivity contribution < 1.29 is 13.9 Å². The summed E-state index contributed by atoms with van der Waals surface area (Å²) in [5.41, 5.74) is 3.62. The lowest BCUT2D eigenvalue weighted by molar-refractivity contribution is 0.0945. The summed E-state index contributed by atoms with van der Waals surface area (Å²) in [5, 5.41) is 2.89. The van der Waals surface area contributed by atoms with Crippen molar-refractivity contribution in [2.24, 2.45) is 0 Å². The molecule has 6 nitrogen and oxygen atoms in total. The van der Waals surface area contributed by atoms with Crippen LogP contribution in [0.4, 0.5) is 0 Å².